The van der Waals surface area contributed by atoms with Crippen molar-refractivity contribution < 1.29 is 0 Å². The molecule has 0 radical (unpaired) electrons. The molecule has 2 aromatic rings. The fourth-order valence-electron chi connectivity index (χ4n) is 3.09. The highest BCUT2D eigenvalue weighted by Gasteiger charge is 2.27. The quantitative estimate of drug-likeness (QED) is 0.865. The van der Waals surface area contributed by atoms with Crippen molar-refractivity contribution in [1.82, 2.24) is 4.98 Å². The molecule has 19 heavy (non-hydrogen) atoms. The molecule has 0 aliphatic heterocycles. The minimum Gasteiger partial charge on any atom is -0.383 e. The summed E-state index contributed by atoms with van der Waals surface area (Å²) in [5, 5.41) is 0. The van der Waals surface area contributed by atoms with Gasteiger partial charge in [-0.1, -0.05) is 30.3 Å². The summed E-state index contributed by atoms with van der Waals surface area (Å²) in [6, 6.07) is 12.4. The van der Waals surface area contributed by atoms with Gasteiger partial charge in [-0.2, -0.15) is 0 Å². The van der Waals surface area contributed by atoms with E-state index in [1.165, 1.54) is 17.5 Å². The summed E-state index contributed by atoms with van der Waals surface area (Å²) in [7, 11) is 0. The van der Waals surface area contributed by atoms with Gasteiger partial charge in [0.05, 0.1) is 0 Å². The Morgan fingerprint density at radius 3 is 2.84 bits per heavy atom. The van der Waals surface area contributed by atoms with Crippen LogP contribution >= 0.6 is 0 Å². The molecule has 1 aliphatic rings. The Hall–Kier alpha value is -1.87. The van der Waals surface area contributed by atoms with E-state index in [-0.39, 0.29) is 6.04 Å². The monoisotopic (exact) mass is 253 g/mol. The van der Waals surface area contributed by atoms with E-state index in [1.807, 2.05) is 12.1 Å². The standard InChI is InChI=1S/C16H19N3/c17-15(14-9-4-10-19-16(14)18)13-8-3-6-11-5-1-2-7-12(11)13/h1-2,4-5,7,9-10,13,15H,3,6,8,17H2,(H2,18,19). The smallest absolute Gasteiger partial charge is 0.128 e. The predicted molar refractivity (Wildman–Crippen MR) is 77.7 cm³/mol. The van der Waals surface area contributed by atoms with E-state index in [4.69, 9.17) is 11.5 Å². The number of anilines is 1. The van der Waals surface area contributed by atoms with Crippen LogP contribution in [0, 0.1) is 0 Å². The molecule has 1 aromatic heterocycles. The zero-order valence-electron chi connectivity index (χ0n) is 10.9. The van der Waals surface area contributed by atoms with Crippen molar-refractivity contribution in [3.63, 3.8) is 0 Å². The maximum absolute atomic E-state index is 6.47. The van der Waals surface area contributed by atoms with Crippen LogP contribution in [0.1, 0.15) is 41.5 Å². The van der Waals surface area contributed by atoms with Gasteiger partial charge in [0.2, 0.25) is 0 Å². The van der Waals surface area contributed by atoms with Gasteiger partial charge in [0.15, 0.2) is 0 Å². The Bertz CT molecular complexity index is 580. The van der Waals surface area contributed by atoms with Gasteiger partial charge in [0, 0.05) is 23.7 Å². The maximum atomic E-state index is 6.47. The van der Waals surface area contributed by atoms with E-state index in [1.54, 1.807) is 6.20 Å². The number of rotatable bonds is 2. The van der Waals surface area contributed by atoms with Gasteiger partial charge in [-0.15, -0.1) is 0 Å². The van der Waals surface area contributed by atoms with Crippen molar-refractivity contribution in [2.75, 3.05) is 5.73 Å². The first kappa shape index (κ1) is 12.2. The van der Waals surface area contributed by atoms with Crippen LogP contribution in [0.25, 0.3) is 0 Å². The average Bonchev–Trinajstić information content (AvgIpc) is 2.46. The van der Waals surface area contributed by atoms with Crippen molar-refractivity contribution in [2.45, 2.75) is 31.2 Å². The second-order valence-corrected chi connectivity index (χ2v) is 5.20. The van der Waals surface area contributed by atoms with Crippen molar-refractivity contribution >= 4 is 5.82 Å². The van der Waals surface area contributed by atoms with E-state index in [2.05, 4.69) is 29.2 Å². The number of nitrogens with two attached hydrogens (primary N) is 2. The number of fused-ring (bicyclic) bond motifs is 1. The number of aryl methyl sites for hydroxylation is 1. The van der Waals surface area contributed by atoms with Crippen molar-refractivity contribution in [2.24, 2.45) is 5.73 Å². The molecule has 4 N–H and O–H groups in total. The molecule has 98 valence electrons. The topological polar surface area (TPSA) is 64.9 Å². The van der Waals surface area contributed by atoms with Gasteiger partial charge in [0.25, 0.3) is 0 Å². The second-order valence-electron chi connectivity index (χ2n) is 5.20. The largest absolute Gasteiger partial charge is 0.383 e. The minimum absolute atomic E-state index is 0.0739. The van der Waals surface area contributed by atoms with Crippen LogP contribution in [0.5, 0.6) is 0 Å². The minimum atomic E-state index is -0.0739. The molecule has 2 atom stereocenters. The van der Waals surface area contributed by atoms with E-state index >= 15 is 0 Å². The molecular weight excluding hydrogens is 234 g/mol. The first-order valence-corrected chi connectivity index (χ1v) is 6.81. The number of benzene rings is 1. The highest BCUT2D eigenvalue weighted by atomic mass is 14.8. The molecule has 1 aromatic carbocycles. The summed E-state index contributed by atoms with van der Waals surface area (Å²) in [5.41, 5.74) is 16.2. The highest BCUT2D eigenvalue weighted by molar-refractivity contribution is 5.44. The zero-order valence-corrected chi connectivity index (χ0v) is 10.9. The van der Waals surface area contributed by atoms with Crippen LogP contribution in [-0.4, -0.2) is 4.98 Å². The number of pyridine rings is 1. The highest BCUT2D eigenvalue weighted by Crippen LogP contribution is 2.39. The van der Waals surface area contributed by atoms with Gasteiger partial charge in [0.1, 0.15) is 5.82 Å². The molecular formula is C16H19N3. The Morgan fingerprint density at radius 1 is 1.16 bits per heavy atom. The lowest BCUT2D eigenvalue weighted by Gasteiger charge is -2.30. The van der Waals surface area contributed by atoms with Gasteiger partial charge in [-0.3, -0.25) is 0 Å². The van der Waals surface area contributed by atoms with Crippen LogP contribution in [0.15, 0.2) is 42.6 Å². The van der Waals surface area contributed by atoms with E-state index in [9.17, 15) is 0 Å². The maximum Gasteiger partial charge on any atom is 0.128 e. The summed E-state index contributed by atoms with van der Waals surface area (Å²) < 4.78 is 0. The van der Waals surface area contributed by atoms with Gasteiger partial charge in [-0.25, -0.2) is 4.98 Å². The lowest BCUT2D eigenvalue weighted by molar-refractivity contribution is 0.475. The first-order valence-electron chi connectivity index (χ1n) is 6.81. The van der Waals surface area contributed by atoms with Gasteiger partial charge in [-0.05, 0) is 36.5 Å². The zero-order chi connectivity index (χ0) is 13.2. The summed E-state index contributed by atoms with van der Waals surface area (Å²) in [6.45, 7) is 0. The molecule has 0 amide bonds. The summed E-state index contributed by atoms with van der Waals surface area (Å²) >= 11 is 0. The first-order chi connectivity index (χ1) is 9.27. The Kier molecular flexibility index (Phi) is 3.22. The van der Waals surface area contributed by atoms with Crippen molar-refractivity contribution in [3.8, 4) is 0 Å². The molecule has 3 heteroatoms. The van der Waals surface area contributed by atoms with Crippen LogP contribution in [0.3, 0.4) is 0 Å². The number of hydrogen-bond acceptors (Lipinski definition) is 3. The molecule has 0 spiro atoms. The third-order valence-electron chi connectivity index (χ3n) is 4.08. The van der Waals surface area contributed by atoms with Crippen LogP contribution in [0.2, 0.25) is 0 Å². The molecule has 0 bridgehead atoms. The number of aromatic nitrogens is 1. The van der Waals surface area contributed by atoms with Crippen molar-refractivity contribution in [1.29, 1.82) is 0 Å². The average molecular weight is 253 g/mol. The fourth-order valence-corrected chi connectivity index (χ4v) is 3.09. The Labute approximate surface area is 113 Å². The van der Waals surface area contributed by atoms with E-state index < -0.39 is 0 Å². The molecule has 0 saturated heterocycles. The number of nitrogen functional groups attached to an aromatic ring is 1. The van der Waals surface area contributed by atoms with Crippen LogP contribution in [-0.2, 0) is 6.42 Å². The third kappa shape index (κ3) is 2.22. The molecule has 3 rings (SSSR count). The normalized spacial score (nSPS) is 19.7. The Morgan fingerprint density at radius 2 is 2.00 bits per heavy atom. The summed E-state index contributed by atoms with van der Waals surface area (Å²) in [4.78, 5) is 4.15. The second kappa shape index (κ2) is 5.02. The summed E-state index contributed by atoms with van der Waals surface area (Å²) in [6.07, 6.45) is 5.17. The fraction of sp³-hybridized carbons (Fsp3) is 0.312. The van der Waals surface area contributed by atoms with Gasteiger partial charge < -0.3 is 11.5 Å². The van der Waals surface area contributed by atoms with E-state index in [0.717, 1.165) is 18.4 Å². The SMILES string of the molecule is Nc1ncccc1C(N)C1CCCc2ccccc21. The Balaban J connectivity index is 1.98. The van der Waals surface area contributed by atoms with Crippen LogP contribution in [0.4, 0.5) is 5.82 Å². The molecule has 1 heterocycles. The molecule has 3 nitrogen and oxygen atoms in total. The number of hydrogen-bond donors (Lipinski definition) is 2. The number of nitrogens with zero attached hydrogens (tertiary/aromatic N) is 1. The lowest BCUT2D eigenvalue weighted by atomic mass is 9.77. The molecule has 2 unspecified atom stereocenters. The summed E-state index contributed by atoms with van der Waals surface area (Å²) in [5.74, 6) is 0.898. The van der Waals surface area contributed by atoms with Crippen LogP contribution < -0.4 is 11.5 Å². The van der Waals surface area contributed by atoms with Crippen molar-refractivity contribution in [3.05, 3.63) is 59.3 Å². The third-order valence-corrected chi connectivity index (χ3v) is 4.08. The predicted octanol–water partition coefficient (Wildman–Crippen LogP) is 2.78. The molecule has 0 saturated carbocycles. The molecule has 1 aliphatic carbocycles. The van der Waals surface area contributed by atoms with E-state index in [0.29, 0.717) is 11.7 Å². The molecule has 0 fully saturated rings. The lowest BCUT2D eigenvalue weighted by Crippen LogP contribution is -2.24. The van der Waals surface area contributed by atoms with Gasteiger partial charge >= 0.3 is 0 Å².